The van der Waals surface area contributed by atoms with Gasteiger partial charge in [-0.3, -0.25) is 4.57 Å². The fourth-order valence-corrected chi connectivity index (χ4v) is 3.80. The first kappa shape index (κ1) is 22.2. The molecular formula is C29H24N2O4. The molecule has 0 spiro atoms. The number of aromatic nitrogens is 2. The number of esters is 1. The Kier molecular flexibility index (Phi) is 6.18. The summed E-state index contributed by atoms with van der Waals surface area (Å²) in [4.78, 5) is 16.2. The van der Waals surface area contributed by atoms with Gasteiger partial charge in [0.25, 0.3) is 0 Å². The standard InChI is InChI=1S/C29H24N2O4/c1-20-8-10-22(11-9-20)31-27-18-25(16-17-26(27)30-29(31)21-6-4-3-5-7-21)35-24-14-12-23(13-15-24)34-19-28(32)33-2/h3-18H,19H2,1-2H3. The fraction of sp³-hybridized carbons (Fsp3) is 0.103. The molecule has 0 amide bonds. The Labute approximate surface area is 203 Å². The molecule has 1 heterocycles. The highest BCUT2D eigenvalue weighted by atomic mass is 16.6. The van der Waals surface area contributed by atoms with E-state index in [-0.39, 0.29) is 6.61 Å². The van der Waals surface area contributed by atoms with E-state index in [1.54, 1.807) is 24.3 Å². The summed E-state index contributed by atoms with van der Waals surface area (Å²) in [6.45, 7) is 1.94. The number of hydrogen-bond acceptors (Lipinski definition) is 5. The van der Waals surface area contributed by atoms with E-state index in [9.17, 15) is 4.79 Å². The monoisotopic (exact) mass is 464 g/mol. The third-order valence-corrected chi connectivity index (χ3v) is 5.59. The van der Waals surface area contributed by atoms with Crippen LogP contribution in [-0.4, -0.2) is 29.2 Å². The second-order valence-corrected chi connectivity index (χ2v) is 8.06. The van der Waals surface area contributed by atoms with Gasteiger partial charge in [-0.1, -0.05) is 48.0 Å². The Hall–Kier alpha value is -4.58. The molecule has 0 aliphatic rings. The number of hydrogen-bond donors (Lipinski definition) is 0. The van der Waals surface area contributed by atoms with Crippen molar-refractivity contribution in [1.82, 2.24) is 9.55 Å². The quantitative estimate of drug-likeness (QED) is 0.263. The summed E-state index contributed by atoms with van der Waals surface area (Å²) in [5.74, 6) is 2.34. The summed E-state index contributed by atoms with van der Waals surface area (Å²) in [5, 5.41) is 0. The molecule has 0 radical (unpaired) electrons. The largest absolute Gasteiger partial charge is 0.482 e. The van der Waals surface area contributed by atoms with E-state index >= 15 is 0 Å². The highest BCUT2D eigenvalue weighted by molar-refractivity contribution is 5.84. The van der Waals surface area contributed by atoms with Crippen LogP contribution in [0.15, 0.2) is 97.1 Å². The van der Waals surface area contributed by atoms with Gasteiger partial charge in [0.15, 0.2) is 6.61 Å². The number of ether oxygens (including phenoxy) is 3. The van der Waals surface area contributed by atoms with E-state index in [0.717, 1.165) is 28.1 Å². The average Bonchev–Trinajstić information content (AvgIpc) is 3.28. The van der Waals surface area contributed by atoms with Crippen LogP contribution in [0.3, 0.4) is 0 Å². The smallest absolute Gasteiger partial charge is 0.343 e. The molecule has 0 N–H and O–H groups in total. The van der Waals surface area contributed by atoms with Gasteiger partial charge >= 0.3 is 5.97 Å². The molecule has 174 valence electrons. The van der Waals surface area contributed by atoms with Crippen LogP contribution >= 0.6 is 0 Å². The lowest BCUT2D eigenvalue weighted by molar-refractivity contribution is -0.142. The van der Waals surface area contributed by atoms with Gasteiger partial charge in [0.1, 0.15) is 23.1 Å². The second-order valence-electron chi connectivity index (χ2n) is 8.06. The molecule has 0 unspecified atom stereocenters. The molecule has 5 rings (SSSR count). The predicted molar refractivity (Wildman–Crippen MR) is 135 cm³/mol. The highest BCUT2D eigenvalue weighted by Gasteiger charge is 2.15. The predicted octanol–water partition coefficient (Wildman–Crippen LogP) is 6.35. The zero-order chi connectivity index (χ0) is 24.2. The number of aryl methyl sites for hydroxylation is 1. The van der Waals surface area contributed by atoms with E-state index in [4.69, 9.17) is 14.5 Å². The minimum atomic E-state index is -0.432. The molecule has 0 bridgehead atoms. The zero-order valence-electron chi connectivity index (χ0n) is 19.5. The maximum absolute atomic E-state index is 11.3. The first-order valence-electron chi connectivity index (χ1n) is 11.2. The van der Waals surface area contributed by atoms with Crippen molar-refractivity contribution in [3.63, 3.8) is 0 Å². The van der Waals surface area contributed by atoms with E-state index in [2.05, 4.69) is 52.6 Å². The average molecular weight is 465 g/mol. The molecule has 0 aliphatic carbocycles. The number of fused-ring (bicyclic) bond motifs is 1. The molecule has 0 fully saturated rings. The number of benzene rings is 4. The summed E-state index contributed by atoms with van der Waals surface area (Å²) in [6, 6.07) is 31.5. The Morgan fingerprint density at radius 3 is 2.23 bits per heavy atom. The second kappa shape index (κ2) is 9.73. The third kappa shape index (κ3) is 4.87. The lowest BCUT2D eigenvalue weighted by Gasteiger charge is -2.11. The van der Waals surface area contributed by atoms with Crippen molar-refractivity contribution >= 4 is 17.0 Å². The van der Waals surface area contributed by atoms with Crippen LogP contribution in [0.1, 0.15) is 5.56 Å². The molecule has 6 heteroatoms. The van der Waals surface area contributed by atoms with Gasteiger partial charge in [0.2, 0.25) is 0 Å². The van der Waals surface area contributed by atoms with Crippen molar-refractivity contribution < 1.29 is 19.0 Å². The third-order valence-electron chi connectivity index (χ3n) is 5.59. The van der Waals surface area contributed by atoms with Gasteiger partial charge in [-0.25, -0.2) is 9.78 Å². The molecule has 4 aromatic carbocycles. The van der Waals surface area contributed by atoms with Crippen LogP contribution in [-0.2, 0) is 9.53 Å². The molecule has 0 atom stereocenters. The SMILES string of the molecule is COC(=O)COc1ccc(Oc2ccc3nc(-c4ccccc4)n(-c4ccc(C)cc4)c3c2)cc1. The van der Waals surface area contributed by atoms with E-state index in [1.807, 2.05) is 36.4 Å². The molecule has 5 aromatic rings. The molecule has 0 saturated heterocycles. The lowest BCUT2D eigenvalue weighted by Crippen LogP contribution is -2.12. The van der Waals surface area contributed by atoms with Crippen LogP contribution in [0.25, 0.3) is 28.1 Å². The number of imidazole rings is 1. The highest BCUT2D eigenvalue weighted by Crippen LogP contribution is 2.32. The number of rotatable bonds is 7. The van der Waals surface area contributed by atoms with E-state index in [0.29, 0.717) is 17.2 Å². The van der Waals surface area contributed by atoms with Crippen LogP contribution in [0.5, 0.6) is 17.2 Å². The van der Waals surface area contributed by atoms with Crippen molar-refractivity contribution in [3.05, 3.63) is 103 Å². The first-order chi connectivity index (χ1) is 17.1. The molecule has 6 nitrogen and oxygen atoms in total. The molecular weight excluding hydrogens is 440 g/mol. The van der Waals surface area contributed by atoms with Gasteiger partial charge < -0.3 is 14.2 Å². The van der Waals surface area contributed by atoms with Crippen LogP contribution in [0.4, 0.5) is 0 Å². The maximum atomic E-state index is 11.3. The Morgan fingerprint density at radius 2 is 1.51 bits per heavy atom. The van der Waals surface area contributed by atoms with E-state index in [1.165, 1.54) is 12.7 Å². The van der Waals surface area contributed by atoms with Crippen molar-refractivity contribution in [3.8, 4) is 34.3 Å². The van der Waals surface area contributed by atoms with Crippen molar-refractivity contribution in [2.75, 3.05) is 13.7 Å². The fourth-order valence-electron chi connectivity index (χ4n) is 3.80. The lowest BCUT2D eigenvalue weighted by atomic mass is 10.2. The van der Waals surface area contributed by atoms with Gasteiger partial charge in [-0.15, -0.1) is 0 Å². The van der Waals surface area contributed by atoms with Crippen LogP contribution < -0.4 is 9.47 Å². The van der Waals surface area contributed by atoms with Gasteiger partial charge in [0, 0.05) is 17.3 Å². The minimum absolute atomic E-state index is 0.139. The summed E-state index contributed by atoms with van der Waals surface area (Å²) in [6.07, 6.45) is 0. The normalized spacial score (nSPS) is 10.8. The number of carbonyl (C=O) groups is 1. The topological polar surface area (TPSA) is 62.6 Å². The first-order valence-corrected chi connectivity index (χ1v) is 11.2. The number of carbonyl (C=O) groups excluding carboxylic acids is 1. The van der Waals surface area contributed by atoms with Crippen molar-refractivity contribution in [2.45, 2.75) is 6.92 Å². The molecule has 35 heavy (non-hydrogen) atoms. The summed E-state index contributed by atoms with van der Waals surface area (Å²) < 4.78 is 18.3. The Bertz CT molecular complexity index is 1460. The summed E-state index contributed by atoms with van der Waals surface area (Å²) in [7, 11) is 1.33. The van der Waals surface area contributed by atoms with Gasteiger partial charge in [-0.05, 0) is 55.5 Å². The van der Waals surface area contributed by atoms with Gasteiger partial charge in [-0.2, -0.15) is 0 Å². The zero-order valence-corrected chi connectivity index (χ0v) is 19.5. The van der Waals surface area contributed by atoms with E-state index < -0.39 is 5.97 Å². The summed E-state index contributed by atoms with van der Waals surface area (Å²) >= 11 is 0. The molecule has 0 saturated carbocycles. The molecule has 1 aromatic heterocycles. The summed E-state index contributed by atoms with van der Waals surface area (Å²) in [5.41, 5.74) is 5.09. The number of methoxy groups -OCH3 is 1. The van der Waals surface area contributed by atoms with Crippen LogP contribution in [0.2, 0.25) is 0 Å². The number of nitrogens with zero attached hydrogens (tertiary/aromatic N) is 2. The van der Waals surface area contributed by atoms with Crippen LogP contribution in [0, 0.1) is 6.92 Å². The van der Waals surface area contributed by atoms with Crippen molar-refractivity contribution in [1.29, 1.82) is 0 Å². The Morgan fingerprint density at radius 1 is 0.829 bits per heavy atom. The van der Waals surface area contributed by atoms with Crippen molar-refractivity contribution in [2.24, 2.45) is 0 Å². The molecule has 0 aliphatic heterocycles. The maximum Gasteiger partial charge on any atom is 0.343 e. The Balaban J connectivity index is 1.49. The minimum Gasteiger partial charge on any atom is -0.482 e. The van der Waals surface area contributed by atoms with Gasteiger partial charge in [0.05, 0.1) is 18.1 Å².